The van der Waals surface area contributed by atoms with Gasteiger partial charge in [0.25, 0.3) is 0 Å². The molecule has 1 aromatic heterocycles. The molecule has 0 atom stereocenters. The van der Waals surface area contributed by atoms with E-state index in [1.165, 1.54) is 0 Å². The van der Waals surface area contributed by atoms with Crippen LogP contribution in [-0.4, -0.2) is 5.78 Å². The maximum atomic E-state index is 10.6. The molecule has 0 fully saturated rings. The Labute approximate surface area is 59.8 Å². The van der Waals surface area contributed by atoms with Gasteiger partial charge in [0.15, 0.2) is 0 Å². The maximum Gasteiger partial charge on any atom is 0.137 e. The van der Waals surface area contributed by atoms with Gasteiger partial charge in [-0.05, 0) is 25.5 Å². The monoisotopic (exact) mass is 138 g/mol. The van der Waals surface area contributed by atoms with E-state index in [-0.39, 0.29) is 5.78 Å². The van der Waals surface area contributed by atoms with E-state index in [4.69, 9.17) is 4.42 Å². The van der Waals surface area contributed by atoms with Gasteiger partial charge in [-0.2, -0.15) is 0 Å². The molecule has 0 N–H and O–H groups in total. The lowest BCUT2D eigenvalue weighted by molar-refractivity contribution is -0.116. The van der Waals surface area contributed by atoms with E-state index in [9.17, 15) is 4.79 Å². The Balaban J connectivity index is 2.67. The van der Waals surface area contributed by atoms with Gasteiger partial charge in [0.05, 0.1) is 12.7 Å². The summed E-state index contributed by atoms with van der Waals surface area (Å²) in [5, 5.41) is 0. The van der Waals surface area contributed by atoms with Crippen molar-refractivity contribution < 1.29 is 9.21 Å². The van der Waals surface area contributed by atoms with Crippen molar-refractivity contribution in [3.63, 3.8) is 0 Å². The lowest BCUT2D eigenvalue weighted by Gasteiger charge is -1.86. The van der Waals surface area contributed by atoms with Crippen LogP contribution in [0.25, 0.3) is 0 Å². The van der Waals surface area contributed by atoms with Crippen molar-refractivity contribution in [2.24, 2.45) is 0 Å². The van der Waals surface area contributed by atoms with Crippen LogP contribution in [0.5, 0.6) is 0 Å². The Morgan fingerprint density at radius 1 is 1.70 bits per heavy atom. The molecule has 1 aromatic rings. The van der Waals surface area contributed by atoms with Gasteiger partial charge < -0.3 is 4.42 Å². The first-order chi connectivity index (χ1) is 4.68. The minimum atomic E-state index is 0.134. The highest BCUT2D eigenvalue weighted by molar-refractivity contribution is 5.77. The van der Waals surface area contributed by atoms with E-state index < -0.39 is 0 Å². The molecule has 0 saturated heterocycles. The molecule has 0 aromatic carbocycles. The van der Waals surface area contributed by atoms with Crippen LogP contribution in [0.15, 0.2) is 16.7 Å². The van der Waals surface area contributed by atoms with Gasteiger partial charge in [-0.1, -0.05) is 0 Å². The summed E-state index contributed by atoms with van der Waals surface area (Å²) in [6.07, 6.45) is 2.06. The molecule has 1 heterocycles. The van der Waals surface area contributed by atoms with Gasteiger partial charge in [-0.3, -0.25) is 4.79 Å². The Hall–Kier alpha value is -1.05. The van der Waals surface area contributed by atoms with Gasteiger partial charge in [0.2, 0.25) is 0 Å². The van der Waals surface area contributed by atoms with Crippen molar-refractivity contribution in [1.82, 2.24) is 0 Å². The quantitative estimate of drug-likeness (QED) is 0.622. The van der Waals surface area contributed by atoms with Gasteiger partial charge in [-0.15, -0.1) is 0 Å². The van der Waals surface area contributed by atoms with Crippen molar-refractivity contribution in [3.8, 4) is 0 Å². The zero-order chi connectivity index (χ0) is 7.56. The summed E-state index contributed by atoms with van der Waals surface area (Å²) in [5.74, 6) is 0.888. The molecular formula is C8H10O2. The lowest BCUT2D eigenvalue weighted by atomic mass is 10.2. The molecule has 0 radical (unpaired) electrons. The Bertz CT molecular complexity index is 235. The number of Topliss-reactive ketones (excluding diaryl/α,β-unsaturated/α-hetero) is 1. The largest absolute Gasteiger partial charge is 0.469 e. The van der Waals surface area contributed by atoms with Crippen molar-refractivity contribution >= 4 is 5.78 Å². The molecule has 10 heavy (non-hydrogen) atoms. The SMILES string of the molecule is CC(=O)Cc1cc(C)co1. The highest BCUT2D eigenvalue weighted by Crippen LogP contribution is 2.06. The fourth-order valence-electron chi connectivity index (χ4n) is 0.829. The first kappa shape index (κ1) is 7.06. The minimum absolute atomic E-state index is 0.134. The van der Waals surface area contributed by atoms with Crippen molar-refractivity contribution in [1.29, 1.82) is 0 Å². The number of carbonyl (C=O) groups excluding carboxylic acids is 1. The third-order valence-corrected chi connectivity index (χ3v) is 1.21. The summed E-state index contributed by atoms with van der Waals surface area (Å²) >= 11 is 0. The van der Waals surface area contributed by atoms with E-state index in [1.54, 1.807) is 13.2 Å². The maximum absolute atomic E-state index is 10.6. The van der Waals surface area contributed by atoms with Crippen LogP contribution in [0.4, 0.5) is 0 Å². The Kier molecular flexibility index (Phi) is 1.90. The molecule has 2 nitrogen and oxygen atoms in total. The fraction of sp³-hybridized carbons (Fsp3) is 0.375. The average Bonchev–Trinajstić information content (AvgIpc) is 2.13. The van der Waals surface area contributed by atoms with Crippen LogP contribution >= 0.6 is 0 Å². The summed E-state index contributed by atoms with van der Waals surface area (Å²) in [4.78, 5) is 10.6. The highest BCUT2D eigenvalue weighted by Gasteiger charge is 2.00. The van der Waals surface area contributed by atoms with E-state index in [1.807, 2.05) is 13.0 Å². The molecule has 0 aliphatic carbocycles. The predicted molar refractivity (Wildman–Crippen MR) is 37.8 cm³/mol. The zero-order valence-corrected chi connectivity index (χ0v) is 6.18. The van der Waals surface area contributed by atoms with Gasteiger partial charge in [-0.25, -0.2) is 0 Å². The van der Waals surface area contributed by atoms with E-state index >= 15 is 0 Å². The summed E-state index contributed by atoms with van der Waals surface area (Å²) < 4.78 is 5.05. The Morgan fingerprint density at radius 2 is 2.40 bits per heavy atom. The van der Waals surface area contributed by atoms with E-state index in [2.05, 4.69) is 0 Å². The second-order valence-electron chi connectivity index (χ2n) is 2.47. The second kappa shape index (κ2) is 2.69. The van der Waals surface area contributed by atoms with Crippen LogP contribution < -0.4 is 0 Å². The molecule has 0 saturated carbocycles. The van der Waals surface area contributed by atoms with Crippen molar-refractivity contribution in [3.05, 3.63) is 23.7 Å². The third-order valence-electron chi connectivity index (χ3n) is 1.21. The van der Waals surface area contributed by atoms with Crippen LogP contribution in [0, 0.1) is 6.92 Å². The number of ketones is 1. The van der Waals surface area contributed by atoms with Crippen LogP contribution in [-0.2, 0) is 11.2 Å². The summed E-state index contributed by atoms with van der Waals surface area (Å²) in [5.41, 5.74) is 1.07. The van der Waals surface area contributed by atoms with E-state index in [0.29, 0.717) is 6.42 Å². The molecule has 0 unspecified atom stereocenters. The number of furan rings is 1. The summed E-state index contributed by atoms with van der Waals surface area (Å²) in [7, 11) is 0. The number of hydrogen-bond donors (Lipinski definition) is 0. The molecule has 0 spiro atoms. The molecule has 2 heteroatoms. The molecule has 54 valence electrons. The first-order valence-electron chi connectivity index (χ1n) is 3.22. The van der Waals surface area contributed by atoms with Crippen molar-refractivity contribution in [2.45, 2.75) is 20.3 Å². The average molecular weight is 138 g/mol. The zero-order valence-electron chi connectivity index (χ0n) is 6.18. The molecule has 0 bridgehead atoms. The van der Waals surface area contributed by atoms with Gasteiger partial charge >= 0.3 is 0 Å². The number of hydrogen-bond acceptors (Lipinski definition) is 2. The molecule has 0 aliphatic rings. The molecular weight excluding hydrogens is 128 g/mol. The smallest absolute Gasteiger partial charge is 0.137 e. The molecule has 1 rings (SSSR count). The number of aryl methyl sites for hydroxylation is 1. The summed E-state index contributed by atoms with van der Waals surface area (Å²) in [6.45, 7) is 3.49. The Morgan fingerprint density at radius 3 is 2.80 bits per heavy atom. The first-order valence-corrected chi connectivity index (χ1v) is 3.22. The minimum Gasteiger partial charge on any atom is -0.469 e. The predicted octanol–water partition coefficient (Wildman–Crippen LogP) is 1.72. The van der Waals surface area contributed by atoms with Gasteiger partial charge in [0, 0.05) is 0 Å². The topological polar surface area (TPSA) is 30.2 Å². The normalized spacial score (nSPS) is 9.80. The van der Waals surface area contributed by atoms with E-state index in [0.717, 1.165) is 11.3 Å². The lowest BCUT2D eigenvalue weighted by Crippen LogP contribution is -1.93. The van der Waals surface area contributed by atoms with Crippen LogP contribution in [0.2, 0.25) is 0 Å². The van der Waals surface area contributed by atoms with Crippen molar-refractivity contribution in [2.75, 3.05) is 0 Å². The number of carbonyl (C=O) groups is 1. The van der Waals surface area contributed by atoms with Crippen LogP contribution in [0.1, 0.15) is 18.2 Å². The van der Waals surface area contributed by atoms with Gasteiger partial charge in [0.1, 0.15) is 11.5 Å². The summed E-state index contributed by atoms with van der Waals surface area (Å²) in [6, 6.07) is 1.88. The second-order valence-corrected chi connectivity index (χ2v) is 2.47. The van der Waals surface area contributed by atoms with Crippen LogP contribution in [0.3, 0.4) is 0 Å². The molecule has 0 aliphatic heterocycles. The third kappa shape index (κ3) is 1.72. The molecule has 0 amide bonds. The highest BCUT2D eigenvalue weighted by atomic mass is 16.3. The standard InChI is InChI=1S/C8H10O2/c1-6-3-8(10-5-6)4-7(2)9/h3,5H,4H2,1-2H3. The fourth-order valence-corrected chi connectivity index (χ4v) is 0.829. The number of rotatable bonds is 2.